The SMILES string of the molecule is CN1C2CCC1CN(c1ccc(Br)cc1C#N)CC2. The van der Waals surface area contributed by atoms with Crippen molar-refractivity contribution in [1.82, 2.24) is 4.90 Å². The van der Waals surface area contributed by atoms with Gasteiger partial charge in [0.05, 0.1) is 11.3 Å². The maximum atomic E-state index is 9.32. The molecule has 2 bridgehead atoms. The number of halogens is 1. The lowest BCUT2D eigenvalue weighted by Crippen LogP contribution is -2.36. The third kappa shape index (κ3) is 2.37. The highest BCUT2D eigenvalue weighted by Crippen LogP contribution is 2.32. The summed E-state index contributed by atoms with van der Waals surface area (Å²) in [6.07, 6.45) is 3.82. The molecule has 4 heteroatoms. The molecule has 0 aromatic heterocycles. The first-order valence-electron chi connectivity index (χ1n) is 6.85. The van der Waals surface area contributed by atoms with Crippen molar-refractivity contribution in [2.45, 2.75) is 31.3 Å². The number of hydrogen-bond acceptors (Lipinski definition) is 3. The van der Waals surface area contributed by atoms with E-state index in [1.807, 2.05) is 12.1 Å². The molecule has 2 heterocycles. The highest BCUT2D eigenvalue weighted by molar-refractivity contribution is 9.10. The molecule has 19 heavy (non-hydrogen) atoms. The van der Waals surface area contributed by atoms with E-state index in [0.717, 1.165) is 34.9 Å². The smallest absolute Gasteiger partial charge is 0.101 e. The summed E-state index contributed by atoms with van der Waals surface area (Å²) < 4.78 is 0.973. The largest absolute Gasteiger partial charge is 0.369 e. The Morgan fingerprint density at radius 3 is 2.84 bits per heavy atom. The van der Waals surface area contributed by atoms with Crippen LogP contribution in [0.3, 0.4) is 0 Å². The third-order valence-corrected chi connectivity index (χ3v) is 5.06. The number of benzene rings is 1. The molecule has 0 spiro atoms. The van der Waals surface area contributed by atoms with Gasteiger partial charge in [0.25, 0.3) is 0 Å². The van der Waals surface area contributed by atoms with Gasteiger partial charge in [0.1, 0.15) is 6.07 Å². The summed E-state index contributed by atoms with van der Waals surface area (Å²) in [7, 11) is 2.25. The quantitative estimate of drug-likeness (QED) is 0.797. The number of nitrogens with zero attached hydrogens (tertiary/aromatic N) is 3. The van der Waals surface area contributed by atoms with Gasteiger partial charge < -0.3 is 4.90 Å². The molecule has 0 aliphatic carbocycles. The molecule has 2 atom stereocenters. The molecule has 0 amide bonds. The molecule has 2 aliphatic heterocycles. The number of rotatable bonds is 1. The standard InChI is InChI=1S/C15H18BrN3/c1-18-13-3-4-14(18)10-19(7-6-13)15-5-2-12(16)8-11(15)9-17/h2,5,8,13-14H,3-4,6-7,10H2,1H3. The van der Waals surface area contributed by atoms with Gasteiger partial charge in [0, 0.05) is 29.6 Å². The van der Waals surface area contributed by atoms with E-state index in [9.17, 15) is 5.26 Å². The van der Waals surface area contributed by atoms with Gasteiger partial charge in [0.2, 0.25) is 0 Å². The Kier molecular flexibility index (Phi) is 3.51. The number of fused-ring (bicyclic) bond motifs is 2. The minimum atomic E-state index is 0.641. The maximum absolute atomic E-state index is 9.32. The van der Waals surface area contributed by atoms with Crippen LogP contribution in [0.15, 0.2) is 22.7 Å². The minimum Gasteiger partial charge on any atom is -0.369 e. The second kappa shape index (κ2) is 5.15. The van der Waals surface area contributed by atoms with E-state index in [-0.39, 0.29) is 0 Å². The van der Waals surface area contributed by atoms with Crippen LogP contribution in [0, 0.1) is 11.3 Å². The second-order valence-corrected chi connectivity index (χ2v) is 6.47. The van der Waals surface area contributed by atoms with Crippen molar-refractivity contribution < 1.29 is 0 Å². The summed E-state index contributed by atoms with van der Waals surface area (Å²) in [5.74, 6) is 0. The number of hydrogen-bond donors (Lipinski definition) is 0. The summed E-state index contributed by atoms with van der Waals surface area (Å²) in [5, 5.41) is 9.32. The summed E-state index contributed by atoms with van der Waals surface area (Å²) in [5.41, 5.74) is 1.86. The average Bonchev–Trinajstić information content (AvgIpc) is 2.64. The van der Waals surface area contributed by atoms with Crippen LogP contribution in [-0.4, -0.2) is 37.1 Å². The zero-order valence-electron chi connectivity index (χ0n) is 11.1. The lowest BCUT2D eigenvalue weighted by Gasteiger charge is -2.28. The number of nitriles is 1. The fraction of sp³-hybridized carbons (Fsp3) is 0.533. The highest BCUT2D eigenvalue weighted by atomic mass is 79.9. The lowest BCUT2D eigenvalue weighted by molar-refractivity contribution is 0.254. The Bertz CT molecular complexity index is 523. The van der Waals surface area contributed by atoms with Crippen LogP contribution >= 0.6 is 15.9 Å². The highest BCUT2D eigenvalue weighted by Gasteiger charge is 2.35. The number of anilines is 1. The topological polar surface area (TPSA) is 30.3 Å². The van der Waals surface area contributed by atoms with E-state index < -0.39 is 0 Å². The van der Waals surface area contributed by atoms with Gasteiger partial charge in [-0.1, -0.05) is 15.9 Å². The molecule has 1 aromatic rings. The van der Waals surface area contributed by atoms with E-state index in [2.05, 4.69) is 44.9 Å². The molecule has 100 valence electrons. The molecule has 2 saturated heterocycles. The van der Waals surface area contributed by atoms with Gasteiger partial charge in [-0.3, -0.25) is 4.90 Å². The molecular formula is C15H18BrN3. The van der Waals surface area contributed by atoms with Crippen molar-refractivity contribution >= 4 is 21.6 Å². The van der Waals surface area contributed by atoms with Gasteiger partial charge in [0.15, 0.2) is 0 Å². The van der Waals surface area contributed by atoms with Crippen LogP contribution in [0.5, 0.6) is 0 Å². The van der Waals surface area contributed by atoms with E-state index in [1.165, 1.54) is 19.3 Å². The summed E-state index contributed by atoms with van der Waals surface area (Å²) in [4.78, 5) is 4.93. The second-order valence-electron chi connectivity index (χ2n) is 5.56. The van der Waals surface area contributed by atoms with Crippen LogP contribution in [0.1, 0.15) is 24.8 Å². The summed E-state index contributed by atoms with van der Waals surface area (Å²) in [6.45, 7) is 2.10. The van der Waals surface area contributed by atoms with Crippen molar-refractivity contribution in [3.8, 4) is 6.07 Å². The Balaban J connectivity index is 1.89. The molecule has 2 fully saturated rings. The Labute approximate surface area is 122 Å². The Hall–Kier alpha value is -1.05. The van der Waals surface area contributed by atoms with E-state index in [4.69, 9.17) is 0 Å². The lowest BCUT2D eigenvalue weighted by atomic mass is 10.1. The van der Waals surface area contributed by atoms with Gasteiger partial charge in [-0.2, -0.15) is 5.26 Å². The van der Waals surface area contributed by atoms with Gasteiger partial charge in [-0.15, -0.1) is 0 Å². The monoisotopic (exact) mass is 319 g/mol. The first-order chi connectivity index (χ1) is 9.19. The zero-order chi connectivity index (χ0) is 13.4. The molecule has 0 saturated carbocycles. The van der Waals surface area contributed by atoms with E-state index >= 15 is 0 Å². The van der Waals surface area contributed by atoms with Gasteiger partial charge in [-0.05, 0) is 44.5 Å². The molecule has 1 aromatic carbocycles. The molecule has 2 unspecified atom stereocenters. The normalized spacial score (nSPS) is 27.1. The van der Waals surface area contributed by atoms with Gasteiger partial charge >= 0.3 is 0 Å². The van der Waals surface area contributed by atoms with Crippen molar-refractivity contribution in [3.63, 3.8) is 0 Å². The minimum absolute atomic E-state index is 0.641. The van der Waals surface area contributed by atoms with Crippen LogP contribution < -0.4 is 4.90 Å². The van der Waals surface area contributed by atoms with Crippen LogP contribution in [-0.2, 0) is 0 Å². The summed E-state index contributed by atoms with van der Waals surface area (Å²) in [6, 6.07) is 9.72. The molecular weight excluding hydrogens is 302 g/mol. The molecule has 2 aliphatic rings. The zero-order valence-corrected chi connectivity index (χ0v) is 12.7. The molecule has 3 nitrogen and oxygen atoms in total. The first kappa shape index (κ1) is 13.0. The average molecular weight is 320 g/mol. The summed E-state index contributed by atoms with van der Waals surface area (Å²) >= 11 is 3.44. The molecule has 0 N–H and O–H groups in total. The third-order valence-electron chi connectivity index (χ3n) is 4.57. The predicted molar refractivity (Wildman–Crippen MR) is 80.3 cm³/mol. The van der Waals surface area contributed by atoms with Crippen molar-refractivity contribution in [2.24, 2.45) is 0 Å². The van der Waals surface area contributed by atoms with Crippen molar-refractivity contribution in [3.05, 3.63) is 28.2 Å². The fourth-order valence-electron chi connectivity index (χ4n) is 3.40. The van der Waals surface area contributed by atoms with Crippen LogP contribution in [0.4, 0.5) is 5.69 Å². The molecule has 3 rings (SSSR count). The molecule has 0 radical (unpaired) electrons. The Morgan fingerprint density at radius 2 is 2.05 bits per heavy atom. The van der Waals surface area contributed by atoms with Crippen molar-refractivity contribution in [2.75, 3.05) is 25.0 Å². The predicted octanol–water partition coefficient (Wildman–Crippen LogP) is 2.99. The Morgan fingerprint density at radius 1 is 1.26 bits per heavy atom. The van der Waals surface area contributed by atoms with E-state index in [0.29, 0.717) is 6.04 Å². The fourth-order valence-corrected chi connectivity index (χ4v) is 3.76. The number of likely N-dealkylation sites (N-methyl/N-ethyl adjacent to an activating group) is 1. The van der Waals surface area contributed by atoms with Gasteiger partial charge in [-0.25, -0.2) is 0 Å². The van der Waals surface area contributed by atoms with Crippen molar-refractivity contribution in [1.29, 1.82) is 5.26 Å². The van der Waals surface area contributed by atoms with Crippen LogP contribution in [0.25, 0.3) is 0 Å². The maximum Gasteiger partial charge on any atom is 0.101 e. The van der Waals surface area contributed by atoms with E-state index in [1.54, 1.807) is 0 Å². The first-order valence-corrected chi connectivity index (χ1v) is 7.65. The van der Waals surface area contributed by atoms with Crippen LogP contribution in [0.2, 0.25) is 0 Å².